The second-order valence-electron chi connectivity index (χ2n) is 4.02. The highest BCUT2D eigenvalue weighted by atomic mass is 16.5. The molecule has 0 amide bonds. The molecule has 0 aliphatic carbocycles. The van der Waals surface area contributed by atoms with Crippen LogP contribution in [0.5, 0.6) is 0 Å². The second-order valence-corrected chi connectivity index (χ2v) is 4.02. The number of carbonyl (C=O) groups is 2. The molecule has 80 valence electrons. The third kappa shape index (κ3) is 1.86. The molecular weight excluding hydrogens is 184 g/mol. The van der Waals surface area contributed by atoms with E-state index in [-0.39, 0.29) is 18.2 Å². The summed E-state index contributed by atoms with van der Waals surface area (Å²) in [5, 5.41) is 0. The summed E-state index contributed by atoms with van der Waals surface area (Å²) >= 11 is 0. The van der Waals surface area contributed by atoms with Gasteiger partial charge in [0.05, 0.1) is 6.61 Å². The fourth-order valence-corrected chi connectivity index (χ4v) is 1.47. The molecule has 1 heterocycles. The highest BCUT2D eigenvalue weighted by Gasteiger charge is 2.46. The van der Waals surface area contributed by atoms with Gasteiger partial charge in [-0.25, -0.2) is 0 Å². The average Bonchev–Trinajstić information content (AvgIpc) is 2.40. The van der Waals surface area contributed by atoms with Crippen molar-refractivity contribution < 1.29 is 19.1 Å². The summed E-state index contributed by atoms with van der Waals surface area (Å²) in [6, 6.07) is 0. The maximum atomic E-state index is 11.7. The van der Waals surface area contributed by atoms with Crippen LogP contribution in [0.1, 0.15) is 20.8 Å². The fourth-order valence-electron chi connectivity index (χ4n) is 1.47. The predicted molar refractivity (Wildman–Crippen MR) is 50.0 cm³/mol. The van der Waals surface area contributed by atoms with E-state index in [0.717, 1.165) is 0 Å². The molecule has 1 aliphatic rings. The van der Waals surface area contributed by atoms with E-state index in [9.17, 15) is 9.59 Å². The Labute approximate surface area is 83.6 Å². The molecule has 1 saturated heterocycles. The molecule has 14 heavy (non-hydrogen) atoms. The molecular formula is C10H16O4. The molecule has 0 saturated carbocycles. The number of carbonyl (C=O) groups excluding carboxylic acids is 2. The molecule has 2 unspecified atom stereocenters. The normalized spacial score (nSPS) is 27.7. The Kier molecular flexibility index (Phi) is 3.07. The standard InChI is InChI=1S/C10H16O4/c1-6(13-4)8(11)7-5-14-10(2,3)9(7)12/h6-7H,5H2,1-4H3. The zero-order chi connectivity index (χ0) is 10.9. The van der Waals surface area contributed by atoms with Gasteiger partial charge in [0.1, 0.15) is 17.6 Å². The van der Waals surface area contributed by atoms with E-state index in [1.165, 1.54) is 7.11 Å². The molecule has 0 aromatic rings. The lowest BCUT2D eigenvalue weighted by Gasteiger charge is -2.15. The van der Waals surface area contributed by atoms with Crippen LogP contribution in [0.3, 0.4) is 0 Å². The molecule has 0 aromatic carbocycles. The van der Waals surface area contributed by atoms with Crippen molar-refractivity contribution in [2.75, 3.05) is 13.7 Å². The average molecular weight is 200 g/mol. The summed E-state index contributed by atoms with van der Waals surface area (Å²) < 4.78 is 10.1. The Morgan fingerprint density at radius 1 is 1.64 bits per heavy atom. The van der Waals surface area contributed by atoms with Crippen LogP contribution >= 0.6 is 0 Å². The van der Waals surface area contributed by atoms with E-state index in [2.05, 4.69) is 0 Å². The van der Waals surface area contributed by atoms with E-state index in [0.29, 0.717) is 0 Å². The zero-order valence-corrected chi connectivity index (χ0v) is 8.99. The smallest absolute Gasteiger partial charge is 0.176 e. The van der Waals surface area contributed by atoms with Crippen molar-refractivity contribution in [3.63, 3.8) is 0 Å². The molecule has 0 radical (unpaired) electrons. The molecule has 1 fully saturated rings. The first kappa shape index (κ1) is 11.3. The Bertz CT molecular complexity index is 257. The number of rotatable bonds is 3. The van der Waals surface area contributed by atoms with E-state index in [4.69, 9.17) is 9.47 Å². The second kappa shape index (κ2) is 3.79. The molecule has 0 aromatic heterocycles. The van der Waals surface area contributed by atoms with Crippen LogP contribution in [-0.4, -0.2) is 37.0 Å². The summed E-state index contributed by atoms with van der Waals surface area (Å²) in [6.45, 7) is 5.18. The minimum atomic E-state index is -0.826. The lowest BCUT2D eigenvalue weighted by atomic mass is 9.91. The Balaban J connectivity index is 2.73. The summed E-state index contributed by atoms with van der Waals surface area (Å²) in [7, 11) is 1.45. The fraction of sp³-hybridized carbons (Fsp3) is 0.800. The minimum Gasteiger partial charge on any atom is -0.374 e. The largest absolute Gasteiger partial charge is 0.374 e. The van der Waals surface area contributed by atoms with Gasteiger partial charge in [-0.15, -0.1) is 0 Å². The molecule has 0 bridgehead atoms. The summed E-state index contributed by atoms with van der Waals surface area (Å²) in [4.78, 5) is 23.3. The molecule has 4 heteroatoms. The van der Waals surface area contributed by atoms with Crippen LogP contribution < -0.4 is 0 Å². The van der Waals surface area contributed by atoms with Crippen LogP contribution in [0, 0.1) is 5.92 Å². The monoisotopic (exact) mass is 200 g/mol. The summed E-state index contributed by atoms with van der Waals surface area (Å²) in [5.74, 6) is -0.991. The lowest BCUT2D eigenvalue weighted by Crippen LogP contribution is -2.36. The Hall–Kier alpha value is -0.740. The maximum Gasteiger partial charge on any atom is 0.176 e. The van der Waals surface area contributed by atoms with Gasteiger partial charge in [-0.1, -0.05) is 0 Å². The van der Waals surface area contributed by atoms with Crippen molar-refractivity contribution >= 4 is 11.6 Å². The van der Waals surface area contributed by atoms with Crippen LogP contribution in [0.25, 0.3) is 0 Å². The van der Waals surface area contributed by atoms with Gasteiger partial charge in [-0.05, 0) is 20.8 Å². The van der Waals surface area contributed by atoms with Crippen molar-refractivity contribution in [1.82, 2.24) is 0 Å². The minimum absolute atomic E-state index is 0.147. The van der Waals surface area contributed by atoms with Crippen molar-refractivity contribution in [1.29, 1.82) is 0 Å². The molecule has 1 rings (SSSR count). The first-order valence-electron chi connectivity index (χ1n) is 4.65. The van der Waals surface area contributed by atoms with Gasteiger partial charge in [0.2, 0.25) is 0 Å². The first-order chi connectivity index (χ1) is 6.40. The van der Waals surface area contributed by atoms with Crippen molar-refractivity contribution in [2.45, 2.75) is 32.5 Å². The maximum absolute atomic E-state index is 11.7. The molecule has 0 spiro atoms. The van der Waals surface area contributed by atoms with Crippen LogP contribution in [-0.2, 0) is 19.1 Å². The van der Waals surface area contributed by atoms with Gasteiger partial charge >= 0.3 is 0 Å². The summed E-state index contributed by atoms with van der Waals surface area (Å²) in [6.07, 6.45) is -0.540. The highest BCUT2D eigenvalue weighted by Crippen LogP contribution is 2.26. The van der Waals surface area contributed by atoms with Crippen LogP contribution in [0.4, 0.5) is 0 Å². The summed E-state index contributed by atoms with van der Waals surface area (Å²) in [5.41, 5.74) is -0.826. The molecule has 0 N–H and O–H groups in total. The van der Waals surface area contributed by atoms with Crippen molar-refractivity contribution in [3.8, 4) is 0 Å². The van der Waals surface area contributed by atoms with E-state index in [1.54, 1.807) is 20.8 Å². The van der Waals surface area contributed by atoms with Crippen molar-refractivity contribution in [2.24, 2.45) is 5.92 Å². The van der Waals surface area contributed by atoms with E-state index < -0.39 is 17.6 Å². The van der Waals surface area contributed by atoms with E-state index >= 15 is 0 Å². The predicted octanol–water partition coefficient (Wildman–Crippen LogP) is 0.584. The van der Waals surface area contributed by atoms with E-state index in [1.807, 2.05) is 0 Å². The van der Waals surface area contributed by atoms with Crippen LogP contribution in [0.15, 0.2) is 0 Å². The number of methoxy groups -OCH3 is 1. The van der Waals surface area contributed by atoms with Gasteiger partial charge in [0.15, 0.2) is 11.6 Å². The van der Waals surface area contributed by atoms with Crippen molar-refractivity contribution in [3.05, 3.63) is 0 Å². The third-order valence-corrected chi connectivity index (χ3v) is 2.62. The number of hydrogen-bond acceptors (Lipinski definition) is 4. The molecule has 4 nitrogen and oxygen atoms in total. The Morgan fingerprint density at radius 3 is 2.57 bits per heavy atom. The number of ketones is 2. The SMILES string of the molecule is COC(C)C(=O)C1COC(C)(C)C1=O. The third-order valence-electron chi connectivity index (χ3n) is 2.62. The molecule has 1 aliphatic heterocycles. The number of hydrogen-bond donors (Lipinski definition) is 0. The van der Waals surface area contributed by atoms with Gasteiger partial charge in [0, 0.05) is 7.11 Å². The Morgan fingerprint density at radius 2 is 2.21 bits per heavy atom. The van der Waals surface area contributed by atoms with Gasteiger partial charge in [0.25, 0.3) is 0 Å². The lowest BCUT2D eigenvalue weighted by molar-refractivity contribution is -0.138. The topological polar surface area (TPSA) is 52.6 Å². The van der Waals surface area contributed by atoms with Crippen LogP contribution in [0.2, 0.25) is 0 Å². The quantitative estimate of drug-likeness (QED) is 0.625. The van der Waals surface area contributed by atoms with Gasteiger partial charge in [-0.3, -0.25) is 9.59 Å². The molecule has 2 atom stereocenters. The number of ether oxygens (including phenoxy) is 2. The van der Waals surface area contributed by atoms with Gasteiger partial charge < -0.3 is 9.47 Å². The first-order valence-corrected chi connectivity index (χ1v) is 4.65. The highest BCUT2D eigenvalue weighted by molar-refractivity contribution is 6.08. The van der Waals surface area contributed by atoms with Gasteiger partial charge in [-0.2, -0.15) is 0 Å². The number of Topliss-reactive ketones (excluding diaryl/α,β-unsaturated/α-hetero) is 2. The zero-order valence-electron chi connectivity index (χ0n) is 8.99.